The number of nitrogens with one attached hydrogen (secondary N) is 2. The Kier molecular flexibility index (Phi) is 9.68. The minimum absolute atomic E-state index is 0. The zero-order valence-electron chi connectivity index (χ0n) is 13.8. The van der Waals surface area contributed by atoms with E-state index in [1.165, 1.54) is 0 Å². The Morgan fingerprint density at radius 3 is 2.57 bits per heavy atom. The van der Waals surface area contributed by atoms with Crippen LogP contribution in [0.4, 0.5) is 0 Å². The highest BCUT2D eigenvalue weighted by molar-refractivity contribution is 14.0. The van der Waals surface area contributed by atoms with Gasteiger partial charge in [-0.05, 0) is 47.0 Å². The Morgan fingerprint density at radius 1 is 1.33 bits per heavy atom. The third-order valence-corrected chi connectivity index (χ3v) is 3.42. The molecular weight excluding hydrogens is 379 g/mol. The minimum Gasteiger partial charge on any atom is -0.469 e. The van der Waals surface area contributed by atoms with E-state index in [2.05, 4.69) is 55.4 Å². The van der Waals surface area contributed by atoms with E-state index in [1.54, 1.807) is 6.26 Å². The van der Waals surface area contributed by atoms with Gasteiger partial charge in [0.2, 0.25) is 0 Å². The molecular formula is C15H29IN4O. The van der Waals surface area contributed by atoms with Crippen molar-refractivity contribution in [3.05, 3.63) is 24.2 Å². The number of likely N-dealkylation sites (N-methyl/N-ethyl adjacent to an activating group) is 1. The maximum absolute atomic E-state index is 5.31. The van der Waals surface area contributed by atoms with Crippen LogP contribution in [0.15, 0.2) is 27.8 Å². The summed E-state index contributed by atoms with van der Waals surface area (Å²) >= 11 is 0. The van der Waals surface area contributed by atoms with Gasteiger partial charge < -0.3 is 20.0 Å². The topological polar surface area (TPSA) is 52.8 Å². The molecule has 1 aromatic heterocycles. The number of hydrogen-bond donors (Lipinski definition) is 2. The van der Waals surface area contributed by atoms with Crippen molar-refractivity contribution in [3.63, 3.8) is 0 Å². The molecule has 0 atom stereocenters. The summed E-state index contributed by atoms with van der Waals surface area (Å²) < 4.78 is 5.31. The fourth-order valence-electron chi connectivity index (χ4n) is 1.51. The van der Waals surface area contributed by atoms with Crippen LogP contribution in [0, 0.1) is 0 Å². The van der Waals surface area contributed by atoms with Crippen LogP contribution in [0.3, 0.4) is 0 Å². The molecule has 21 heavy (non-hydrogen) atoms. The molecule has 0 saturated heterocycles. The summed E-state index contributed by atoms with van der Waals surface area (Å²) in [4.78, 5) is 6.83. The Bertz CT molecular complexity index is 402. The van der Waals surface area contributed by atoms with Crippen molar-refractivity contribution in [1.82, 2.24) is 15.5 Å². The maximum Gasteiger partial charge on any atom is 0.191 e. The molecule has 0 aromatic carbocycles. The molecule has 1 heterocycles. The van der Waals surface area contributed by atoms with Crippen LogP contribution in [0.2, 0.25) is 0 Å². The Morgan fingerprint density at radius 2 is 2.05 bits per heavy atom. The van der Waals surface area contributed by atoms with E-state index in [9.17, 15) is 0 Å². The van der Waals surface area contributed by atoms with Crippen molar-refractivity contribution in [1.29, 1.82) is 0 Å². The number of rotatable bonds is 7. The fraction of sp³-hybridized carbons (Fsp3) is 0.667. The SMILES string of the molecule is CCNC(=NCC(C)(C)N(C)C)NCCc1ccco1.I. The molecule has 5 nitrogen and oxygen atoms in total. The van der Waals surface area contributed by atoms with E-state index in [-0.39, 0.29) is 29.5 Å². The summed E-state index contributed by atoms with van der Waals surface area (Å²) in [6, 6.07) is 3.90. The fourth-order valence-corrected chi connectivity index (χ4v) is 1.51. The average Bonchev–Trinajstić information content (AvgIpc) is 2.89. The largest absolute Gasteiger partial charge is 0.469 e. The third-order valence-electron chi connectivity index (χ3n) is 3.42. The lowest BCUT2D eigenvalue weighted by Crippen LogP contribution is -2.44. The van der Waals surface area contributed by atoms with Crippen LogP contribution in [0.1, 0.15) is 26.5 Å². The average molecular weight is 408 g/mol. The highest BCUT2D eigenvalue weighted by Crippen LogP contribution is 2.09. The Hall–Kier alpha value is -0.760. The van der Waals surface area contributed by atoms with Crippen molar-refractivity contribution >= 4 is 29.9 Å². The molecule has 0 bridgehead atoms. The maximum atomic E-state index is 5.31. The van der Waals surface area contributed by atoms with Gasteiger partial charge in [-0.3, -0.25) is 4.99 Å². The zero-order chi connectivity index (χ0) is 15.0. The van der Waals surface area contributed by atoms with Gasteiger partial charge in [0, 0.05) is 25.0 Å². The molecule has 0 aliphatic heterocycles. The summed E-state index contributed by atoms with van der Waals surface area (Å²) in [5.74, 6) is 1.84. The smallest absolute Gasteiger partial charge is 0.191 e. The van der Waals surface area contributed by atoms with Crippen LogP contribution in [-0.4, -0.2) is 50.1 Å². The van der Waals surface area contributed by atoms with Gasteiger partial charge in [-0.2, -0.15) is 0 Å². The van der Waals surface area contributed by atoms with Crippen molar-refractivity contribution in [3.8, 4) is 0 Å². The van der Waals surface area contributed by atoms with Crippen molar-refractivity contribution < 1.29 is 4.42 Å². The number of hydrogen-bond acceptors (Lipinski definition) is 3. The monoisotopic (exact) mass is 408 g/mol. The molecule has 0 unspecified atom stereocenters. The van der Waals surface area contributed by atoms with E-state index >= 15 is 0 Å². The molecule has 1 aromatic rings. The molecule has 6 heteroatoms. The number of nitrogens with zero attached hydrogens (tertiary/aromatic N) is 2. The first-order valence-corrected chi connectivity index (χ1v) is 7.17. The van der Waals surface area contributed by atoms with Crippen molar-refractivity contribution in [2.75, 3.05) is 33.7 Å². The van der Waals surface area contributed by atoms with Gasteiger partial charge in [0.1, 0.15) is 5.76 Å². The molecule has 0 amide bonds. The predicted molar refractivity (Wildman–Crippen MR) is 99.6 cm³/mol. The van der Waals surface area contributed by atoms with Gasteiger partial charge in [-0.1, -0.05) is 0 Å². The van der Waals surface area contributed by atoms with E-state index in [4.69, 9.17) is 4.42 Å². The summed E-state index contributed by atoms with van der Waals surface area (Å²) in [6.45, 7) is 8.85. The standard InChI is InChI=1S/C15H28N4O.HI/c1-6-16-14(18-12-15(2,3)19(4)5)17-10-9-13-8-7-11-20-13;/h7-8,11H,6,9-10,12H2,1-5H3,(H2,16,17,18);1H. The van der Waals surface area contributed by atoms with Crippen molar-refractivity contribution in [2.45, 2.75) is 32.7 Å². The van der Waals surface area contributed by atoms with E-state index in [0.717, 1.165) is 37.8 Å². The molecule has 0 saturated carbocycles. The number of guanidine groups is 1. The predicted octanol–water partition coefficient (Wildman–Crippen LogP) is 2.34. The quantitative estimate of drug-likeness (QED) is 0.413. The summed E-state index contributed by atoms with van der Waals surface area (Å²) in [6.07, 6.45) is 2.56. The number of aliphatic imine (C=N–C) groups is 1. The van der Waals surface area contributed by atoms with Gasteiger partial charge in [0.15, 0.2) is 5.96 Å². The van der Waals surface area contributed by atoms with Crippen LogP contribution in [0.5, 0.6) is 0 Å². The van der Waals surface area contributed by atoms with Crippen LogP contribution < -0.4 is 10.6 Å². The van der Waals surface area contributed by atoms with Gasteiger partial charge >= 0.3 is 0 Å². The molecule has 0 aliphatic carbocycles. The van der Waals surface area contributed by atoms with Gasteiger partial charge in [0.25, 0.3) is 0 Å². The first-order chi connectivity index (χ1) is 9.45. The van der Waals surface area contributed by atoms with Gasteiger partial charge in [0.05, 0.1) is 12.8 Å². The zero-order valence-corrected chi connectivity index (χ0v) is 16.1. The molecule has 122 valence electrons. The second-order valence-electron chi connectivity index (χ2n) is 5.66. The van der Waals surface area contributed by atoms with Gasteiger partial charge in [-0.25, -0.2) is 0 Å². The molecule has 0 radical (unpaired) electrons. The van der Waals surface area contributed by atoms with Crippen LogP contribution in [0.25, 0.3) is 0 Å². The van der Waals surface area contributed by atoms with Crippen LogP contribution >= 0.6 is 24.0 Å². The molecule has 1 rings (SSSR count). The third kappa shape index (κ3) is 7.71. The molecule has 0 fully saturated rings. The summed E-state index contributed by atoms with van der Waals surface area (Å²) in [5.41, 5.74) is 0.0450. The van der Waals surface area contributed by atoms with Crippen molar-refractivity contribution in [2.24, 2.45) is 4.99 Å². The molecule has 2 N–H and O–H groups in total. The lowest BCUT2D eigenvalue weighted by Gasteiger charge is -2.31. The Balaban J connectivity index is 0.00000400. The highest BCUT2D eigenvalue weighted by Gasteiger charge is 2.19. The lowest BCUT2D eigenvalue weighted by atomic mass is 10.1. The van der Waals surface area contributed by atoms with E-state index in [1.807, 2.05) is 12.1 Å². The second-order valence-corrected chi connectivity index (χ2v) is 5.66. The van der Waals surface area contributed by atoms with Gasteiger partial charge in [-0.15, -0.1) is 24.0 Å². The minimum atomic E-state index is 0. The Labute approximate surface area is 145 Å². The first kappa shape index (κ1) is 20.2. The van der Waals surface area contributed by atoms with Crippen LogP contribution in [-0.2, 0) is 6.42 Å². The molecule has 0 aliphatic rings. The number of furan rings is 1. The molecule has 0 spiro atoms. The summed E-state index contributed by atoms with van der Waals surface area (Å²) in [7, 11) is 4.15. The van der Waals surface area contributed by atoms with E-state index in [0.29, 0.717) is 0 Å². The normalized spacial score (nSPS) is 12.2. The lowest BCUT2D eigenvalue weighted by molar-refractivity contribution is 0.204. The number of halogens is 1. The first-order valence-electron chi connectivity index (χ1n) is 7.17. The second kappa shape index (κ2) is 10.0. The van der Waals surface area contributed by atoms with E-state index < -0.39 is 0 Å². The summed E-state index contributed by atoms with van der Waals surface area (Å²) in [5, 5.41) is 6.59. The highest BCUT2D eigenvalue weighted by atomic mass is 127.